The van der Waals surface area contributed by atoms with Crippen molar-refractivity contribution in [2.45, 2.75) is 19.7 Å². The van der Waals surface area contributed by atoms with Gasteiger partial charge in [0.1, 0.15) is 18.1 Å². The molecule has 0 aliphatic rings. The van der Waals surface area contributed by atoms with Crippen LogP contribution in [0.15, 0.2) is 72.9 Å². The molecule has 0 spiro atoms. The van der Waals surface area contributed by atoms with E-state index in [0.29, 0.717) is 18.8 Å². The fraction of sp³-hybridized carbons (Fsp3) is 0.217. The second-order valence-corrected chi connectivity index (χ2v) is 6.43. The van der Waals surface area contributed by atoms with E-state index < -0.39 is 6.09 Å². The van der Waals surface area contributed by atoms with Gasteiger partial charge in [-0.1, -0.05) is 30.3 Å². The minimum Gasteiger partial charge on any atom is -0.497 e. The molecule has 150 valence electrons. The molecule has 0 radical (unpaired) electrons. The number of methoxy groups -OCH3 is 2. The number of pyridine rings is 1. The maximum atomic E-state index is 12.8. The SMILES string of the molecule is COc1cccc(CN(Cc2cccc(OC)c2)C(=O)OCc2ccccn2)c1. The standard InChI is InChI=1S/C23H24N2O4/c1-27-21-10-5-7-18(13-21)15-25(16-19-8-6-11-22(14-19)28-2)23(26)29-17-20-9-3-4-12-24-20/h3-14H,15-17H2,1-2H3. The van der Waals surface area contributed by atoms with Crippen molar-refractivity contribution in [1.29, 1.82) is 0 Å². The molecule has 6 heteroatoms. The van der Waals surface area contributed by atoms with E-state index in [9.17, 15) is 4.79 Å². The smallest absolute Gasteiger partial charge is 0.410 e. The highest BCUT2D eigenvalue weighted by Gasteiger charge is 2.17. The largest absolute Gasteiger partial charge is 0.497 e. The van der Waals surface area contributed by atoms with Crippen LogP contribution in [0.1, 0.15) is 16.8 Å². The van der Waals surface area contributed by atoms with E-state index in [1.54, 1.807) is 25.3 Å². The van der Waals surface area contributed by atoms with Crippen molar-refractivity contribution in [1.82, 2.24) is 9.88 Å². The molecular weight excluding hydrogens is 368 g/mol. The van der Waals surface area contributed by atoms with Gasteiger partial charge in [-0.05, 0) is 47.5 Å². The van der Waals surface area contributed by atoms with Gasteiger partial charge in [0.2, 0.25) is 0 Å². The van der Waals surface area contributed by atoms with Crippen molar-refractivity contribution in [3.63, 3.8) is 0 Å². The second-order valence-electron chi connectivity index (χ2n) is 6.43. The Balaban J connectivity index is 1.76. The lowest BCUT2D eigenvalue weighted by molar-refractivity contribution is 0.0899. The topological polar surface area (TPSA) is 60.9 Å². The zero-order valence-electron chi connectivity index (χ0n) is 16.6. The van der Waals surface area contributed by atoms with Crippen LogP contribution < -0.4 is 9.47 Å². The van der Waals surface area contributed by atoms with Gasteiger partial charge in [0.05, 0.1) is 19.9 Å². The number of aromatic nitrogens is 1. The van der Waals surface area contributed by atoms with E-state index >= 15 is 0 Å². The Morgan fingerprint density at radius 3 is 2.00 bits per heavy atom. The van der Waals surface area contributed by atoms with Gasteiger partial charge in [0, 0.05) is 19.3 Å². The van der Waals surface area contributed by atoms with Crippen LogP contribution in [-0.2, 0) is 24.4 Å². The van der Waals surface area contributed by atoms with Gasteiger partial charge in [-0.15, -0.1) is 0 Å². The Hall–Kier alpha value is -3.54. The highest BCUT2D eigenvalue weighted by atomic mass is 16.6. The third kappa shape index (κ3) is 5.97. The molecule has 2 aromatic carbocycles. The molecule has 0 fully saturated rings. The van der Waals surface area contributed by atoms with Crippen molar-refractivity contribution in [3.8, 4) is 11.5 Å². The van der Waals surface area contributed by atoms with Crippen LogP contribution in [0.3, 0.4) is 0 Å². The summed E-state index contributed by atoms with van der Waals surface area (Å²) in [6.07, 6.45) is 1.26. The molecule has 0 atom stereocenters. The van der Waals surface area contributed by atoms with Gasteiger partial charge in [0.15, 0.2) is 0 Å². The molecule has 6 nitrogen and oxygen atoms in total. The molecule has 1 amide bonds. The Morgan fingerprint density at radius 2 is 1.48 bits per heavy atom. The number of hydrogen-bond acceptors (Lipinski definition) is 5. The predicted molar refractivity (Wildman–Crippen MR) is 110 cm³/mol. The van der Waals surface area contributed by atoms with Crippen LogP contribution in [0.5, 0.6) is 11.5 Å². The first-order valence-electron chi connectivity index (χ1n) is 9.25. The summed E-state index contributed by atoms with van der Waals surface area (Å²) in [5, 5.41) is 0. The summed E-state index contributed by atoms with van der Waals surface area (Å²) in [6.45, 7) is 0.886. The first kappa shape index (κ1) is 20.2. The lowest BCUT2D eigenvalue weighted by atomic mass is 10.1. The maximum absolute atomic E-state index is 12.8. The van der Waals surface area contributed by atoms with Crippen LogP contribution in [0.4, 0.5) is 4.79 Å². The monoisotopic (exact) mass is 392 g/mol. The number of ether oxygens (including phenoxy) is 3. The predicted octanol–water partition coefficient (Wildman–Crippen LogP) is 4.44. The molecule has 0 aliphatic heterocycles. The average Bonchev–Trinajstić information content (AvgIpc) is 2.78. The molecule has 3 aromatic rings. The number of rotatable bonds is 8. The fourth-order valence-corrected chi connectivity index (χ4v) is 2.88. The molecule has 0 unspecified atom stereocenters. The van der Waals surface area contributed by atoms with Crippen molar-refractivity contribution >= 4 is 6.09 Å². The fourth-order valence-electron chi connectivity index (χ4n) is 2.88. The molecule has 0 saturated heterocycles. The molecular formula is C23H24N2O4. The first-order valence-corrected chi connectivity index (χ1v) is 9.25. The zero-order valence-corrected chi connectivity index (χ0v) is 16.6. The Morgan fingerprint density at radius 1 is 0.862 bits per heavy atom. The van der Waals surface area contributed by atoms with Gasteiger partial charge in [-0.3, -0.25) is 9.88 Å². The van der Waals surface area contributed by atoms with Gasteiger partial charge < -0.3 is 14.2 Å². The molecule has 29 heavy (non-hydrogen) atoms. The van der Waals surface area contributed by atoms with E-state index in [0.717, 1.165) is 22.6 Å². The van der Waals surface area contributed by atoms with Gasteiger partial charge in [-0.25, -0.2) is 4.79 Å². The molecule has 0 aliphatic carbocycles. The summed E-state index contributed by atoms with van der Waals surface area (Å²) in [5.41, 5.74) is 2.59. The Kier molecular flexibility index (Phi) is 7.05. The summed E-state index contributed by atoms with van der Waals surface area (Å²) < 4.78 is 16.1. The molecule has 3 rings (SSSR count). The quantitative estimate of drug-likeness (QED) is 0.567. The zero-order chi connectivity index (χ0) is 20.5. The number of hydrogen-bond donors (Lipinski definition) is 0. The van der Waals surface area contributed by atoms with Crippen molar-refractivity contribution < 1.29 is 19.0 Å². The molecule has 0 bridgehead atoms. The van der Waals surface area contributed by atoms with Crippen molar-refractivity contribution in [2.75, 3.05) is 14.2 Å². The average molecular weight is 392 g/mol. The minimum absolute atomic E-state index is 0.117. The number of amides is 1. The summed E-state index contributed by atoms with van der Waals surface area (Å²) in [5.74, 6) is 1.48. The van der Waals surface area contributed by atoms with Crippen LogP contribution in [-0.4, -0.2) is 30.2 Å². The van der Waals surface area contributed by atoms with E-state index in [2.05, 4.69) is 4.98 Å². The molecule has 1 aromatic heterocycles. The molecule has 0 saturated carbocycles. The third-order valence-corrected chi connectivity index (χ3v) is 4.34. The van der Waals surface area contributed by atoms with Gasteiger partial charge in [0.25, 0.3) is 0 Å². The molecule has 1 heterocycles. The lowest BCUT2D eigenvalue weighted by Crippen LogP contribution is -2.30. The summed E-state index contributed by atoms with van der Waals surface area (Å²) in [6, 6.07) is 20.8. The van der Waals surface area contributed by atoms with Crippen LogP contribution in [0.25, 0.3) is 0 Å². The lowest BCUT2D eigenvalue weighted by Gasteiger charge is -2.23. The molecule has 0 N–H and O–H groups in total. The van der Waals surface area contributed by atoms with Gasteiger partial charge in [-0.2, -0.15) is 0 Å². The number of carbonyl (C=O) groups excluding carboxylic acids is 1. The van der Waals surface area contributed by atoms with E-state index in [1.807, 2.05) is 66.7 Å². The highest BCUT2D eigenvalue weighted by Crippen LogP contribution is 2.19. The normalized spacial score (nSPS) is 10.3. The summed E-state index contributed by atoms with van der Waals surface area (Å²) in [4.78, 5) is 18.7. The number of carbonyl (C=O) groups is 1. The van der Waals surface area contributed by atoms with E-state index in [-0.39, 0.29) is 6.61 Å². The summed E-state index contributed by atoms with van der Waals surface area (Å²) >= 11 is 0. The van der Waals surface area contributed by atoms with Crippen molar-refractivity contribution in [3.05, 3.63) is 89.7 Å². The van der Waals surface area contributed by atoms with E-state index in [1.165, 1.54) is 0 Å². The number of nitrogens with zero attached hydrogens (tertiary/aromatic N) is 2. The highest BCUT2D eigenvalue weighted by molar-refractivity contribution is 5.67. The van der Waals surface area contributed by atoms with Gasteiger partial charge >= 0.3 is 6.09 Å². The van der Waals surface area contributed by atoms with Crippen LogP contribution in [0, 0.1) is 0 Å². The maximum Gasteiger partial charge on any atom is 0.410 e. The van der Waals surface area contributed by atoms with E-state index in [4.69, 9.17) is 14.2 Å². The Labute approximate surface area is 170 Å². The number of benzene rings is 2. The van der Waals surface area contributed by atoms with Crippen LogP contribution in [0.2, 0.25) is 0 Å². The third-order valence-electron chi connectivity index (χ3n) is 4.34. The summed E-state index contributed by atoms with van der Waals surface area (Å²) in [7, 11) is 3.24. The minimum atomic E-state index is -0.415. The first-order chi connectivity index (χ1) is 14.2. The Bertz CT molecular complexity index is 881. The van der Waals surface area contributed by atoms with Crippen molar-refractivity contribution in [2.24, 2.45) is 0 Å². The van der Waals surface area contributed by atoms with Crippen LogP contribution >= 0.6 is 0 Å². The second kappa shape index (κ2) is 10.1.